The number of thiophene rings is 1. The SMILES string of the molecule is C[C@@H](C(N)=O)N1CCN(Cc2ccc(Cl)s2)CC1. The summed E-state index contributed by atoms with van der Waals surface area (Å²) in [7, 11) is 0. The molecule has 2 rings (SSSR count). The van der Waals surface area contributed by atoms with Crippen LogP contribution in [0.1, 0.15) is 11.8 Å². The molecule has 1 aliphatic heterocycles. The average Bonchev–Trinajstić information content (AvgIpc) is 2.75. The quantitative estimate of drug-likeness (QED) is 0.910. The molecule has 100 valence electrons. The Labute approximate surface area is 116 Å². The van der Waals surface area contributed by atoms with Crippen LogP contribution in [0, 0.1) is 0 Å². The van der Waals surface area contributed by atoms with E-state index in [1.165, 1.54) is 4.88 Å². The zero-order valence-electron chi connectivity index (χ0n) is 10.4. The van der Waals surface area contributed by atoms with Gasteiger partial charge >= 0.3 is 0 Å². The molecule has 0 bridgehead atoms. The van der Waals surface area contributed by atoms with Gasteiger partial charge in [0.15, 0.2) is 0 Å². The zero-order valence-corrected chi connectivity index (χ0v) is 12.0. The summed E-state index contributed by atoms with van der Waals surface area (Å²) in [5, 5.41) is 0. The van der Waals surface area contributed by atoms with E-state index in [0.717, 1.165) is 37.1 Å². The van der Waals surface area contributed by atoms with Gasteiger partial charge in [-0.2, -0.15) is 0 Å². The number of carbonyl (C=O) groups is 1. The van der Waals surface area contributed by atoms with Crippen molar-refractivity contribution in [1.29, 1.82) is 0 Å². The highest BCUT2D eigenvalue weighted by atomic mass is 35.5. The number of nitrogens with zero attached hydrogens (tertiary/aromatic N) is 2. The first-order chi connectivity index (χ1) is 8.56. The Morgan fingerprint density at radius 2 is 2.11 bits per heavy atom. The second-order valence-electron chi connectivity index (χ2n) is 4.60. The maximum absolute atomic E-state index is 11.1. The van der Waals surface area contributed by atoms with Gasteiger partial charge in [-0.25, -0.2) is 0 Å². The lowest BCUT2D eigenvalue weighted by Crippen LogP contribution is -2.52. The van der Waals surface area contributed by atoms with Gasteiger partial charge < -0.3 is 5.73 Å². The third-order valence-electron chi connectivity index (χ3n) is 3.37. The molecule has 0 aliphatic carbocycles. The maximum atomic E-state index is 11.1. The summed E-state index contributed by atoms with van der Waals surface area (Å²) in [6.07, 6.45) is 0. The standard InChI is InChI=1S/C12H18ClN3OS/c1-9(12(14)17)16-6-4-15(5-7-16)8-10-2-3-11(13)18-10/h2-3,9H,4-8H2,1H3,(H2,14,17)/t9-/m0/s1. The Morgan fingerprint density at radius 1 is 1.44 bits per heavy atom. The molecule has 1 saturated heterocycles. The van der Waals surface area contributed by atoms with E-state index in [4.69, 9.17) is 17.3 Å². The van der Waals surface area contributed by atoms with E-state index >= 15 is 0 Å². The van der Waals surface area contributed by atoms with Gasteiger partial charge in [-0.3, -0.25) is 14.6 Å². The molecule has 0 unspecified atom stereocenters. The molecule has 4 nitrogen and oxygen atoms in total. The van der Waals surface area contributed by atoms with Gasteiger partial charge in [0.25, 0.3) is 0 Å². The Bertz CT molecular complexity index is 415. The first kappa shape index (κ1) is 13.8. The summed E-state index contributed by atoms with van der Waals surface area (Å²) in [4.78, 5) is 16.9. The first-order valence-electron chi connectivity index (χ1n) is 6.06. The number of amides is 1. The fourth-order valence-electron chi connectivity index (χ4n) is 2.15. The van der Waals surface area contributed by atoms with Crippen LogP contribution in [0.15, 0.2) is 12.1 Å². The summed E-state index contributed by atoms with van der Waals surface area (Å²) in [5.41, 5.74) is 5.32. The van der Waals surface area contributed by atoms with Gasteiger partial charge in [-0.05, 0) is 19.1 Å². The minimum absolute atomic E-state index is 0.164. The summed E-state index contributed by atoms with van der Waals surface area (Å²) in [6.45, 7) is 6.53. The van der Waals surface area contributed by atoms with Crippen LogP contribution in [0.25, 0.3) is 0 Å². The average molecular weight is 288 g/mol. The summed E-state index contributed by atoms with van der Waals surface area (Å²) in [5.74, 6) is -0.242. The van der Waals surface area contributed by atoms with Crippen molar-refractivity contribution in [3.05, 3.63) is 21.3 Å². The molecule has 6 heteroatoms. The lowest BCUT2D eigenvalue weighted by atomic mass is 10.2. The predicted molar refractivity (Wildman–Crippen MR) is 74.8 cm³/mol. The normalized spacial score (nSPS) is 19.9. The molecule has 1 aromatic rings. The third kappa shape index (κ3) is 3.45. The van der Waals surface area contributed by atoms with Crippen LogP contribution in [0.5, 0.6) is 0 Å². The number of nitrogens with two attached hydrogens (primary N) is 1. The van der Waals surface area contributed by atoms with Crippen molar-refractivity contribution in [3.63, 3.8) is 0 Å². The monoisotopic (exact) mass is 287 g/mol. The van der Waals surface area contributed by atoms with Crippen molar-refractivity contribution in [1.82, 2.24) is 9.80 Å². The number of carbonyl (C=O) groups excluding carboxylic acids is 1. The molecule has 0 radical (unpaired) electrons. The van der Waals surface area contributed by atoms with Crippen LogP contribution in [0.4, 0.5) is 0 Å². The van der Waals surface area contributed by atoms with Gasteiger partial charge in [0.1, 0.15) is 0 Å². The Hall–Kier alpha value is -0.620. The molecule has 18 heavy (non-hydrogen) atoms. The minimum atomic E-state index is -0.242. The van der Waals surface area contributed by atoms with Gasteiger partial charge in [0.2, 0.25) is 5.91 Å². The Kier molecular flexibility index (Phi) is 4.61. The van der Waals surface area contributed by atoms with Crippen molar-refractivity contribution in [2.45, 2.75) is 19.5 Å². The molecular weight excluding hydrogens is 270 g/mol. The molecule has 1 fully saturated rings. The van der Waals surface area contributed by atoms with Crippen molar-refractivity contribution < 1.29 is 4.79 Å². The molecule has 0 saturated carbocycles. The minimum Gasteiger partial charge on any atom is -0.368 e. The number of primary amides is 1. The Morgan fingerprint density at radius 3 is 2.61 bits per heavy atom. The lowest BCUT2D eigenvalue weighted by Gasteiger charge is -2.36. The highest BCUT2D eigenvalue weighted by molar-refractivity contribution is 7.16. The molecule has 2 N–H and O–H groups in total. The fourth-order valence-corrected chi connectivity index (χ4v) is 3.28. The number of hydrogen-bond donors (Lipinski definition) is 1. The first-order valence-corrected chi connectivity index (χ1v) is 7.25. The molecule has 1 aliphatic rings. The molecule has 1 amide bonds. The van der Waals surface area contributed by atoms with Crippen LogP contribution in [0.3, 0.4) is 0 Å². The van der Waals surface area contributed by atoms with E-state index < -0.39 is 0 Å². The van der Waals surface area contributed by atoms with Gasteiger partial charge in [0, 0.05) is 37.6 Å². The summed E-state index contributed by atoms with van der Waals surface area (Å²) < 4.78 is 0.839. The van der Waals surface area contributed by atoms with E-state index in [1.54, 1.807) is 11.3 Å². The second-order valence-corrected chi connectivity index (χ2v) is 6.40. The number of rotatable bonds is 4. The van der Waals surface area contributed by atoms with E-state index in [2.05, 4.69) is 15.9 Å². The summed E-state index contributed by atoms with van der Waals surface area (Å²) >= 11 is 7.55. The van der Waals surface area contributed by atoms with Crippen molar-refractivity contribution in [2.75, 3.05) is 26.2 Å². The van der Waals surface area contributed by atoms with Crippen molar-refractivity contribution >= 4 is 28.8 Å². The lowest BCUT2D eigenvalue weighted by molar-refractivity contribution is -0.123. The topological polar surface area (TPSA) is 49.6 Å². The van der Waals surface area contributed by atoms with E-state index in [9.17, 15) is 4.79 Å². The molecule has 0 aromatic carbocycles. The highest BCUT2D eigenvalue weighted by Gasteiger charge is 2.24. The van der Waals surface area contributed by atoms with Crippen LogP contribution in [-0.2, 0) is 11.3 Å². The smallest absolute Gasteiger partial charge is 0.234 e. The van der Waals surface area contributed by atoms with E-state index in [0.29, 0.717) is 0 Å². The number of halogens is 1. The van der Waals surface area contributed by atoms with Crippen LogP contribution in [0.2, 0.25) is 4.34 Å². The maximum Gasteiger partial charge on any atom is 0.234 e. The number of piperazine rings is 1. The molecule has 1 aromatic heterocycles. The molecule has 1 atom stereocenters. The number of hydrogen-bond acceptors (Lipinski definition) is 4. The van der Waals surface area contributed by atoms with Crippen LogP contribution in [-0.4, -0.2) is 47.9 Å². The van der Waals surface area contributed by atoms with Gasteiger partial charge in [0.05, 0.1) is 10.4 Å². The van der Waals surface area contributed by atoms with Crippen LogP contribution >= 0.6 is 22.9 Å². The second kappa shape index (κ2) is 6.02. The molecule has 2 heterocycles. The van der Waals surface area contributed by atoms with Crippen molar-refractivity contribution in [2.24, 2.45) is 5.73 Å². The van der Waals surface area contributed by atoms with Gasteiger partial charge in [-0.15, -0.1) is 11.3 Å². The summed E-state index contributed by atoms with van der Waals surface area (Å²) in [6, 6.07) is 3.85. The third-order valence-corrected chi connectivity index (χ3v) is 4.59. The highest BCUT2D eigenvalue weighted by Crippen LogP contribution is 2.23. The predicted octanol–water partition coefficient (Wildman–Crippen LogP) is 1.39. The van der Waals surface area contributed by atoms with Gasteiger partial charge in [-0.1, -0.05) is 11.6 Å². The fraction of sp³-hybridized carbons (Fsp3) is 0.583. The van der Waals surface area contributed by atoms with E-state index in [1.807, 2.05) is 13.0 Å². The Balaban J connectivity index is 1.81. The van der Waals surface area contributed by atoms with Crippen LogP contribution < -0.4 is 5.73 Å². The van der Waals surface area contributed by atoms with Crippen molar-refractivity contribution in [3.8, 4) is 0 Å². The van der Waals surface area contributed by atoms with E-state index in [-0.39, 0.29) is 11.9 Å². The molecule has 0 spiro atoms. The largest absolute Gasteiger partial charge is 0.368 e. The molecular formula is C12H18ClN3OS. The zero-order chi connectivity index (χ0) is 13.1.